The lowest BCUT2D eigenvalue weighted by Gasteiger charge is -2.20. The van der Waals surface area contributed by atoms with Gasteiger partial charge in [-0.25, -0.2) is 0 Å². The highest BCUT2D eigenvalue weighted by molar-refractivity contribution is 7.19. The van der Waals surface area contributed by atoms with Crippen LogP contribution < -0.4 is 0 Å². The van der Waals surface area contributed by atoms with Crippen molar-refractivity contribution in [2.75, 3.05) is 0 Å². The smallest absolute Gasteiger partial charge is 0.100 e. The Morgan fingerprint density at radius 1 is 1.37 bits per heavy atom. The van der Waals surface area contributed by atoms with Gasteiger partial charge in [0.2, 0.25) is 0 Å². The van der Waals surface area contributed by atoms with Crippen molar-refractivity contribution in [2.24, 2.45) is 7.05 Å². The highest BCUT2D eigenvalue weighted by Crippen LogP contribution is 2.35. The van der Waals surface area contributed by atoms with Crippen LogP contribution in [-0.2, 0) is 19.1 Å². The molecule has 1 unspecified atom stereocenters. The van der Waals surface area contributed by atoms with Crippen molar-refractivity contribution in [3.05, 3.63) is 53.2 Å². The second-order valence-corrected chi connectivity index (χ2v) is 6.21. The molecule has 1 atom stereocenters. The molecule has 19 heavy (non-hydrogen) atoms. The van der Waals surface area contributed by atoms with Crippen molar-refractivity contribution >= 4 is 21.4 Å². The molecule has 98 valence electrons. The molecule has 0 saturated carbocycles. The summed E-state index contributed by atoms with van der Waals surface area (Å²) in [5.74, 6) is 0. The summed E-state index contributed by atoms with van der Waals surface area (Å²) in [5, 5.41) is 16.1. The van der Waals surface area contributed by atoms with Crippen molar-refractivity contribution in [2.45, 2.75) is 18.9 Å². The van der Waals surface area contributed by atoms with E-state index in [0.717, 1.165) is 10.4 Å². The third-order valence-corrected chi connectivity index (χ3v) is 4.63. The molecule has 0 fully saturated rings. The van der Waals surface area contributed by atoms with Crippen LogP contribution in [0.5, 0.6) is 0 Å². The molecule has 0 radical (unpaired) electrons. The Bertz CT molecular complexity index is 679. The zero-order valence-electron chi connectivity index (χ0n) is 11.0. The van der Waals surface area contributed by atoms with E-state index in [-0.39, 0.29) is 0 Å². The Morgan fingerprint density at radius 2 is 2.16 bits per heavy atom. The van der Waals surface area contributed by atoms with Gasteiger partial charge in [-0.2, -0.15) is 5.10 Å². The van der Waals surface area contributed by atoms with Crippen LogP contribution in [0.3, 0.4) is 0 Å². The van der Waals surface area contributed by atoms with E-state index in [9.17, 15) is 5.11 Å². The molecule has 0 aliphatic carbocycles. The molecular formula is C15H16N2OS. The average molecular weight is 272 g/mol. The molecule has 4 heteroatoms. The van der Waals surface area contributed by atoms with Gasteiger partial charge in [0.25, 0.3) is 0 Å². The SMILES string of the molecule is Cn1cc(CC(C)(O)c2cc3ccccc3s2)cn1. The zero-order chi connectivity index (χ0) is 13.5. The van der Waals surface area contributed by atoms with E-state index in [1.165, 1.54) is 10.1 Å². The van der Waals surface area contributed by atoms with Gasteiger partial charge in [-0.05, 0) is 30.0 Å². The first kappa shape index (κ1) is 12.4. The summed E-state index contributed by atoms with van der Waals surface area (Å²) < 4.78 is 2.97. The van der Waals surface area contributed by atoms with Crippen molar-refractivity contribution < 1.29 is 5.11 Å². The lowest BCUT2D eigenvalue weighted by Crippen LogP contribution is -2.22. The van der Waals surface area contributed by atoms with Gasteiger partial charge < -0.3 is 5.11 Å². The first-order valence-corrected chi connectivity index (χ1v) is 7.05. The van der Waals surface area contributed by atoms with E-state index in [2.05, 4.69) is 23.3 Å². The van der Waals surface area contributed by atoms with Gasteiger partial charge in [-0.3, -0.25) is 4.68 Å². The molecule has 0 bridgehead atoms. The summed E-state index contributed by atoms with van der Waals surface area (Å²) in [6.45, 7) is 1.87. The number of nitrogens with zero attached hydrogens (tertiary/aromatic N) is 2. The summed E-state index contributed by atoms with van der Waals surface area (Å²) in [5.41, 5.74) is 0.192. The summed E-state index contributed by atoms with van der Waals surface area (Å²) in [6.07, 6.45) is 4.33. The maximum absolute atomic E-state index is 10.7. The molecule has 1 N–H and O–H groups in total. The molecule has 3 aromatic rings. The first-order chi connectivity index (χ1) is 9.04. The predicted molar refractivity (Wildman–Crippen MR) is 78.3 cm³/mol. The molecular weight excluding hydrogens is 256 g/mol. The zero-order valence-corrected chi connectivity index (χ0v) is 11.8. The number of aryl methyl sites for hydroxylation is 1. The minimum Gasteiger partial charge on any atom is -0.384 e. The molecule has 0 aliphatic rings. The third kappa shape index (κ3) is 2.41. The van der Waals surface area contributed by atoms with Gasteiger partial charge in [-0.15, -0.1) is 11.3 Å². The molecule has 0 amide bonds. The summed E-state index contributed by atoms with van der Waals surface area (Å²) >= 11 is 1.65. The number of aliphatic hydroxyl groups is 1. The van der Waals surface area contributed by atoms with Crippen molar-refractivity contribution in [3.63, 3.8) is 0 Å². The average Bonchev–Trinajstić information content (AvgIpc) is 2.95. The second kappa shape index (κ2) is 4.47. The van der Waals surface area contributed by atoms with E-state index in [4.69, 9.17) is 0 Å². The Morgan fingerprint density at radius 3 is 2.84 bits per heavy atom. The number of thiophene rings is 1. The van der Waals surface area contributed by atoms with Crippen LogP contribution in [0.25, 0.3) is 10.1 Å². The van der Waals surface area contributed by atoms with E-state index in [0.29, 0.717) is 6.42 Å². The number of fused-ring (bicyclic) bond motifs is 1. The monoisotopic (exact) mass is 272 g/mol. The highest BCUT2D eigenvalue weighted by atomic mass is 32.1. The minimum absolute atomic E-state index is 0.577. The fourth-order valence-electron chi connectivity index (χ4n) is 2.30. The molecule has 1 aromatic carbocycles. The van der Waals surface area contributed by atoms with Crippen molar-refractivity contribution in [3.8, 4) is 0 Å². The molecule has 0 saturated heterocycles. The molecule has 3 rings (SSSR count). The van der Waals surface area contributed by atoms with Crippen molar-refractivity contribution in [1.82, 2.24) is 9.78 Å². The standard InChI is InChI=1S/C15H16N2OS/c1-15(18,8-11-9-16-17(2)10-11)14-7-12-5-3-4-6-13(12)19-14/h3-7,9-10,18H,8H2,1-2H3. The fourth-order valence-corrected chi connectivity index (χ4v) is 3.40. The Kier molecular flexibility index (Phi) is 2.92. The summed E-state index contributed by atoms with van der Waals surface area (Å²) in [4.78, 5) is 0.998. The van der Waals surface area contributed by atoms with Gasteiger partial charge in [0.05, 0.1) is 6.20 Å². The fraction of sp³-hybridized carbons (Fsp3) is 0.267. The molecule has 0 spiro atoms. The molecule has 3 nitrogen and oxygen atoms in total. The largest absolute Gasteiger partial charge is 0.384 e. The lowest BCUT2D eigenvalue weighted by atomic mass is 9.96. The molecule has 0 aliphatic heterocycles. The molecule has 2 aromatic heterocycles. The quantitative estimate of drug-likeness (QED) is 0.795. The van der Waals surface area contributed by atoms with E-state index in [1.54, 1.807) is 16.0 Å². The first-order valence-electron chi connectivity index (χ1n) is 6.23. The Hall–Kier alpha value is -1.65. The van der Waals surface area contributed by atoms with Gasteiger partial charge in [-0.1, -0.05) is 18.2 Å². The van der Waals surface area contributed by atoms with E-state index in [1.807, 2.05) is 38.5 Å². The number of hydrogen-bond acceptors (Lipinski definition) is 3. The van der Waals surface area contributed by atoms with Crippen LogP contribution in [0.15, 0.2) is 42.7 Å². The maximum atomic E-state index is 10.7. The highest BCUT2D eigenvalue weighted by Gasteiger charge is 2.26. The second-order valence-electron chi connectivity index (χ2n) is 5.12. The van der Waals surface area contributed by atoms with Gasteiger partial charge in [0.1, 0.15) is 5.60 Å². The number of hydrogen-bond donors (Lipinski definition) is 1. The minimum atomic E-state index is -0.854. The third-order valence-electron chi connectivity index (χ3n) is 3.26. The Labute approximate surface area is 116 Å². The maximum Gasteiger partial charge on any atom is 0.100 e. The van der Waals surface area contributed by atoms with E-state index >= 15 is 0 Å². The van der Waals surface area contributed by atoms with Crippen LogP contribution in [0.1, 0.15) is 17.4 Å². The van der Waals surface area contributed by atoms with Crippen LogP contribution in [0, 0.1) is 0 Å². The van der Waals surface area contributed by atoms with Crippen LogP contribution >= 0.6 is 11.3 Å². The van der Waals surface area contributed by atoms with E-state index < -0.39 is 5.60 Å². The number of aromatic nitrogens is 2. The summed E-state index contributed by atoms with van der Waals surface area (Å²) in [7, 11) is 1.89. The van der Waals surface area contributed by atoms with Gasteiger partial charge in [0.15, 0.2) is 0 Å². The molecule has 2 heterocycles. The lowest BCUT2D eigenvalue weighted by molar-refractivity contribution is 0.0615. The topological polar surface area (TPSA) is 38.0 Å². The number of benzene rings is 1. The van der Waals surface area contributed by atoms with Gasteiger partial charge in [0, 0.05) is 29.2 Å². The summed E-state index contributed by atoms with van der Waals surface area (Å²) in [6, 6.07) is 10.3. The predicted octanol–water partition coefficient (Wildman–Crippen LogP) is 3.09. The van der Waals surface area contributed by atoms with Crippen LogP contribution in [-0.4, -0.2) is 14.9 Å². The normalized spacial score (nSPS) is 14.7. The van der Waals surface area contributed by atoms with Crippen LogP contribution in [0.4, 0.5) is 0 Å². The van der Waals surface area contributed by atoms with Crippen LogP contribution in [0.2, 0.25) is 0 Å². The number of rotatable bonds is 3. The van der Waals surface area contributed by atoms with Gasteiger partial charge >= 0.3 is 0 Å². The Balaban J connectivity index is 1.94. The van der Waals surface area contributed by atoms with Crippen molar-refractivity contribution in [1.29, 1.82) is 0 Å².